The Morgan fingerprint density at radius 3 is 2.67 bits per heavy atom. The van der Waals surface area contributed by atoms with E-state index in [2.05, 4.69) is 12.2 Å². The van der Waals surface area contributed by atoms with Gasteiger partial charge in [-0.15, -0.1) is 0 Å². The summed E-state index contributed by atoms with van der Waals surface area (Å²) in [6.45, 7) is 5.87. The van der Waals surface area contributed by atoms with Crippen LogP contribution in [0, 0.1) is 12.8 Å². The summed E-state index contributed by atoms with van der Waals surface area (Å²) in [6.07, 6.45) is 2.16. The van der Waals surface area contributed by atoms with Crippen LogP contribution in [0.25, 0.3) is 0 Å². The molecule has 0 aromatic heterocycles. The monoisotopic (exact) mass is 247 g/mol. The first-order valence-corrected chi connectivity index (χ1v) is 6.48. The van der Waals surface area contributed by atoms with Crippen LogP contribution in [0.2, 0.25) is 0 Å². The summed E-state index contributed by atoms with van der Waals surface area (Å²) in [6, 6.07) is 5.63. The molecular formula is C14H21N3O. The molecule has 0 bridgehead atoms. The summed E-state index contributed by atoms with van der Waals surface area (Å²) in [5.41, 5.74) is 8.30. The van der Waals surface area contributed by atoms with Crippen LogP contribution in [-0.2, 0) is 0 Å². The van der Waals surface area contributed by atoms with Crippen molar-refractivity contribution in [3.05, 3.63) is 23.8 Å². The third kappa shape index (κ3) is 2.94. The first kappa shape index (κ1) is 12.7. The zero-order valence-corrected chi connectivity index (χ0v) is 11.1. The average molecular weight is 247 g/mol. The number of nitrogens with one attached hydrogen (secondary N) is 1. The number of nitrogen functional groups attached to an aromatic ring is 1. The third-order valence-electron chi connectivity index (χ3n) is 3.52. The van der Waals surface area contributed by atoms with E-state index in [0.717, 1.165) is 37.4 Å². The Morgan fingerprint density at radius 2 is 2.06 bits per heavy atom. The Kier molecular flexibility index (Phi) is 3.75. The predicted molar refractivity (Wildman–Crippen MR) is 74.6 cm³/mol. The molecule has 1 aliphatic rings. The van der Waals surface area contributed by atoms with Crippen LogP contribution in [0.4, 0.5) is 16.2 Å². The molecule has 1 aromatic carbocycles. The fraction of sp³-hybridized carbons (Fsp3) is 0.500. The van der Waals surface area contributed by atoms with Gasteiger partial charge in [0, 0.05) is 13.1 Å². The fourth-order valence-corrected chi connectivity index (χ4v) is 2.20. The van der Waals surface area contributed by atoms with E-state index in [1.807, 2.05) is 30.0 Å². The van der Waals surface area contributed by atoms with Crippen LogP contribution in [0.15, 0.2) is 18.2 Å². The maximum atomic E-state index is 12.1. The molecule has 4 heteroatoms. The van der Waals surface area contributed by atoms with Gasteiger partial charge >= 0.3 is 6.03 Å². The number of anilines is 2. The third-order valence-corrected chi connectivity index (χ3v) is 3.52. The quantitative estimate of drug-likeness (QED) is 0.750. The summed E-state index contributed by atoms with van der Waals surface area (Å²) in [4.78, 5) is 13.9. The smallest absolute Gasteiger partial charge is 0.321 e. The molecule has 1 heterocycles. The number of urea groups is 1. The minimum Gasteiger partial charge on any atom is -0.397 e. The molecule has 4 nitrogen and oxygen atoms in total. The number of hydrogen-bond acceptors (Lipinski definition) is 2. The lowest BCUT2D eigenvalue weighted by atomic mass is 10.00. The van der Waals surface area contributed by atoms with Crippen molar-refractivity contribution < 1.29 is 4.79 Å². The topological polar surface area (TPSA) is 58.4 Å². The molecule has 0 aliphatic carbocycles. The largest absolute Gasteiger partial charge is 0.397 e. The first-order chi connectivity index (χ1) is 8.56. The number of amides is 2. The van der Waals surface area contributed by atoms with Crippen molar-refractivity contribution >= 4 is 17.4 Å². The van der Waals surface area contributed by atoms with Gasteiger partial charge < -0.3 is 16.0 Å². The second-order valence-electron chi connectivity index (χ2n) is 5.19. The second-order valence-corrected chi connectivity index (χ2v) is 5.19. The van der Waals surface area contributed by atoms with Crippen molar-refractivity contribution in [2.24, 2.45) is 5.92 Å². The molecule has 0 saturated carbocycles. The maximum Gasteiger partial charge on any atom is 0.321 e. The lowest BCUT2D eigenvalue weighted by Gasteiger charge is -2.30. The minimum atomic E-state index is -0.0440. The van der Waals surface area contributed by atoms with Gasteiger partial charge in [-0.2, -0.15) is 0 Å². The van der Waals surface area contributed by atoms with Crippen molar-refractivity contribution in [3.63, 3.8) is 0 Å². The van der Waals surface area contributed by atoms with Gasteiger partial charge in [0.2, 0.25) is 0 Å². The van der Waals surface area contributed by atoms with Crippen LogP contribution in [0.3, 0.4) is 0 Å². The highest BCUT2D eigenvalue weighted by Gasteiger charge is 2.20. The molecule has 18 heavy (non-hydrogen) atoms. The van der Waals surface area contributed by atoms with E-state index in [1.54, 1.807) is 0 Å². The molecule has 0 radical (unpaired) electrons. The molecule has 1 saturated heterocycles. The number of rotatable bonds is 1. The number of piperidine rings is 1. The van der Waals surface area contributed by atoms with Gasteiger partial charge in [-0.3, -0.25) is 0 Å². The van der Waals surface area contributed by atoms with E-state index in [1.165, 1.54) is 0 Å². The van der Waals surface area contributed by atoms with Crippen molar-refractivity contribution in [3.8, 4) is 0 Å². The zero-order chi connectivity index (χ0) is 13.1. The molecule has 2 rings (SSSR count). The lowest BCUT2D eigenvalue weighted by molar-refractivity contribution is 0.186. The van der Waals surface area contributed by atoms with Crippen molar-refractivity contribution in [2.75, 3.05) is 24.1 Å². The van der Waals surface area contributed by atoms with E-state index in [0.29, 0.717) is 11.4 Å². The molecule has 98 valence electrons. The highest BCUT2D eigenvalue weighted by Crippen LogP contribution is 2.21. The molecular weight excluding hydrogens is 226 g/mol. The van der Waals surface area contributed by atoms with E-state index < -0.39 is 0 Å². The Hall–Kier alpha value is -1.71. The number of nitrogens with zero attached hydrogens (tertiary/aromatic N) is 1. The van der Waals surface area contributed by atoms with E-state index in [9.17, 15) is 4.79 Å². The van der Waals surface area contributed by atoms with Crippen molar-refractivity contribution in [2.45, 2.75) is 26.7 Å². The zero-order valence-electron chi connectivity index (χ0n) is 11.1. The highest BCUT2D eigenvalue weighted by molar-refractivity contribution is 5.92. The van der Waals surface area contributed by atoms with E-state index >= 15 is 0 Å². The summed E-state index contributed by atoms with van der Waals surface area (Å²) >= 11 is 0. The van der Waals surface area contributed by atoms with Crippen LogP contribution < -0.4 is 11.1 Å². The van der Waals surface area contributed by atoms with Crippen molar-refractivity contribution in [1.29, 1.82) is 0 Å². The van der Waals surface area contributed by atoms with Crippen LogP contribution in [0.5, 0.6) is 0 Å². The van der Waals surface area contributed by atoms with Gasteiger partial charge in [0.15, 0.2) is 0 Å². The normalized spacial score (nSPS) is 16.7. The summed E-state index contributed by atoms with van der Waals surface area (Å²) in [5, 5.41) is 2.88. The van der Waals surface area contributed by atoms with E-state index in [-0.39, 0.29) is 6.03 Å². The number of aryl methyl sites for hydroxylation is 1. The van der Waals surface area contributed by atoms with Gasteiger partial charge in [0.25, 0.3) is 0 Å². The highest BCUT2D eigenvalue weighted by atomic mass is 16.2. The van der Waals surface area contributed by atoms with Crippen LogP contribution in [-0.4, -0.2) is 24.0 Å². The van der Waals surface area contributed by atoms with Gasteiger partial charge in [-0.25, -0.2) is 4.79 Å². The maximum absolute atomic E-state index is 12.1. The molecule has 1 fully saturated rings. The Labute approximate surface area is 108 Å². The Morgan fingerprint density at radius 1 is 1.39 bits per heavy atom. The van der Waals surface area contributed by atoms with Gasteiger partial charge in [-0.1, -0.05) is 13.0 Å². The number of likely N-dealkylation sites (tertiary alicyclic amines) is 1. The molecule has 1 aromatic rings. The summed E-state index contributed by atoms with van der Waals surface area (Å²) in [5.74, 6) is 0.721. The predicted octanol–water partition coefficient (Wildman–Crippen LogP) is 2.84. The first-order valence-electron chi connectivity index (χ1n) is 6.48. The van der Waals surface area contributed by atoms with Crippen molar-refractivity contribution in [1.82, 2.24) is 4.90 Å². The molecule has 1 aliphatic heterocycles. The second kappa shape index (κ2) is 5.29. The van der Waals surface area contributed by atoms with Crippen LogP contribution >= 0.6 is 0 Å². The van der Waals surface area contributed by atoms with Gasteiger partial charge in [-0.05, 0) is 43.4 Å². The summed E-state index contributed by atoms with van der Waals surface area (Å²) < 4.78 is 0. The molecule has 2 amide bonds. The average Bonchev–Trinajstić information content (AvgIpc) is 2.33. The number of nitrogens with two attached hydrogens (primary N) is 1. The number of carbonyl (C=O) groups excluding carboxylic acids is 1. The number of hydrogen-bond donors (Lipinski definition) is 2. The molecule has 0 spiro atoms. The minimum absolute atomic E-state index is 0.0440. The molecule has 3 N–H and O–H groups in total. The SMILES string of the molecule is Cc1ccc(NC(=O)N2CCC(C)CC2)c(N)c1. The van der Waals surface area contributed by atoms with Gasteiger partial charge in [0.1, 0.15) is 0 Å². The lowest BCUT2D eigenvalue weighted by Crippen LogP contribution is -2.40. The molecule has 0 unspecified atom stereocenters. The van der Waals surface area contributed by atoms with Crippen LogP contribution in [0.1, 0.15) is 25.3 Å². The standard InChI is InChI=1S/C14H21N3O/c1-10-5-7-17(8-6-10)14(18)16-13-4-3-11(2)9-12(13)15/h3-4,9-10H,5-8,15H2,1-2H3,(H,16,18). The van der Waals surface area contributed by atoms with Gasteiger partial charge in [0.05, 0.1) is 11.4 Å². The number of carbonyl (C=O) groups is 1. The Bertz CT molecular complexity index is 437. The summed E-state index contributed by atoms with van der Waals surface area (Å²) in [7, 11) is 0. The molecule has 0 atom stereocenters. The fourth-order valence-electron chi connectivity index (χ4n) is 2.20. The van der Waals surface area contributed by atoms with E-state index in [4.69, 9.17) is 5.73 Å². The Balaban J connectivity index is 1.98. The number of benzene rings is 1.